The summed E-state index contributed by atoms with van der Waals surface area (Å²) in [5.74, 6) is 1.82. The quantitative estimate of drug-likeness (QED) is 0.807. The monoisotopic (exact) mass is 207 g/mol. The molecule has 1 aromatic rings. The molecule has 82 valence electrons. The molecular weight excluding hydrogens is 190 g/mol. The van der Waals surface area contributed by atoms with Crippen LogP contribution in [0.15, 0.2) is 12.1 Å². The third kappa shape index (κ3) is 1.42. The van der Waals surface area contributed by atoms with Gasteiger partial charge in [-0.3, -0.25) is 0 Å². The maximum absolute atomic E-state index is 5.40. The minimum Gasteiger partial charge on any atom is -0.496 e. The predicted molar refractivity (Wildman–Crippen MR) is 61.1 cm³/mol. The lowest BCUT2D eigenvalue weighted by Crippen LogP contribution is -2.19. The van der Waals surface area contributed by atoms with E-state index in [1.54, 1.807) is 14.2 Å². The molecule has 0 bridgehead atoms. The van der Waals surface area contributed by atoms with Crippen LogP contribution in [0.4, 0.5) is 5.69 Å². The van der Waals surface area contributed by atoms with Gasteiger partial charge in [-0.25, -0.2) is 0 Å². The molecule has 1 aliphatic rings. The molecule has 15 heavy (non-hydrogen) atoms. The summed E-state index contributed by atoms with van der Waals surface area (Å²) in [5, 5.41) is 3.38. The topological polar surface area (TPSA) is 30.5 Å². The molecule has 0 radical (unpaired) electrons. The van der Waals surface area contributed by atoms with E-state index in [1.165, 1.54) is 5.56 Å². The van der Waals surface area contributed by atoms with Crippen LogP contribution in [-0.2, 0) is 5.41 Å². The first-order valence-corrected chi connectivity index (χ1v) is 5.09. The number of benzene rings is 1. The molecule has 3 heteroatoms. The Hall–Kier alpha value is -1.38. The third-order valence-electron chi connectivity index (χ3n) is 2.95. The van der Waals surface area contributed by atoms with Gasteiger partial charge in [0, 0.05) is 17.5 Å². The van der Waals surface area contributed by atoms with Crippen molar-refractivity contribution in [2.75, 3.05) is 26.1 Å². The zero-order valence-corrected chi connectivity index (χ0v) is 9.68. The molecular formula is C12H17NO2. The first-order chi connectivity index (χ1) is 7.10. The van der Waals surface area contributed by atoms with E-state index < -0.39 is 0 Å². The van der Waals surface area contributed by atoms with Crippen molar-refractivity contribution in [3.8, 4) is 11.5 Å². The van der Waals surface area contributed by atoms with Crippen LogP contribution >= 0.6 is 0 Å². The molecule has 0 saturated carbocycles. The Labute approximate surface area is 90.4 Å². The van der Waals surface area contributed by atoms with Crippen LogP contribution in [0.3, 0.4) is 0 Å². The number of methoxy groups -OCH3 is 2. The van der Waals surface area contributed by atoms with Crippen molar-refractivity contribution in [2.24, 2.45) is 0 Å². The van der Waals surface area contributed by atoms with Gasteiger partial charge in [0.2, 0.25) is 0 Å². The summed E-state index contributed by atoms with van der Waals surface area (Å²) in [6.07, 6.45) is 0. The SMILES string of the molecule is COc1ccc(OC)c2c1NCC2(C)C. The number of hydrogen-bond donors (Lipinski definition) is 1. The molecule has 1 N–H and O–H groups in total. The number of rotatable bonds is 2. The molecule has 0 atom stereocenters. The van der Waals surface area contributed by atoms with Crippen LogP contribution in [0.1, 0.15) is 19.4 Å². The van der Waals surface area contributed by atoms with E-state index in [4.69, 9.17) is 9.47 Å². The standard InChI is InChI=1S/C12H17NO2/c1-12(2)7-13-11-9(15-4)6-5-8(14-3)10(11)12/h5-6,13H,7H2,1-4H3. The molecule has 3 nitrogen and oxygen atoms in total. The van der Waals surface area contributed by atoms with Gasteiger partial charge in [0.1, 0.15) is 11.5 Å². The molecule has 0 aromatic heterocycles. The Morgan fingerprint density at radius 3 is 2.33 bits per heavy atom. The number of nitrogens with one attached hydrogen (secondary N) is 1. The maximum Gasteiger partial charge on any atom is 0.142 e. The van der Waals surface area contributed by atoms with Crippen LogP contribution in [0.2, 0.25) is 0 Å². The normalized spacial score (nSPS) is 16.8. The highest BCUT2D eigenvalue weighted by Crippen LogP contribution is 2.46. The lowest BCUT2D eigenvalue weighted by Gasteiger charge is -2.20. The number of ether oxygens (including phenoxy) is 2. The Bertz CT molecular complexity index is 385. The summed E-state index contributed by atoms with van der Waals surface area (Å²) >= 11 is 0. The average Bonchev–Trinajstić information content (AvgIpc) is 2.55. The van der Waals surface area contributed by atoms with Gasteiger partial charge in [-0.2, -0.15) is 0 Å². The minimum absolute atomic E-state index is 0.0925. The van der Waals surface area contributed by atoms with Gasteiger partial charge in [-0.15, -0.1) is 0 Å². The Balaban J connectivity index is 2.63. The number of fused-ring (bicyclic) bond motifs is 1. The van der Waals surface area contributed by atoms with Gasteiger partial charge in [0.25, 0.3) is 0 Å². The van der Waals surface area contributed by atoms with E-state index in [-0.39, 0.29) is 5.41 Å². The van der Waals surface area contributed by atoms with Gasteiger partial charge in [-0.1, -0.05) is 13.8 Å². The zero-order valence-electron chi connectivity index (χ0n) is 9.68. The molecule has 0 fully saturated rings. The summed E-state index contributed by atoms with van der Waals surface area (Å²) < 4.78 is 10.7. The maximum atomic E-state index is 5.40. The van der Waals surface area contributed by atoms with Gasteiger partial charge in [-0.05, 0) is 12.1 Å². The minimum atomic E-state index is 0.0925. The molecule has 1 aliphatic heterocycles. The summed E-state index contributed by atoms with van der Waals surface area (Å²) in [6.45, 7) is 5.32. The van der Waals surface area contributed by atoms with Crippen LogP contribution in [-0.4, -0.2) is 20.8 Å². The molecule has 0 aliphatic carbocycles. The van der Waals surface area contributed by atoms with Crippen molar-refractivity contribution in [3.05, 3.63) is 17.7 Å². The molecule has 1 heterocycles. The smallest absolute Gasteiger partial charge is 0.142 e. The second-order valence-corrected chi connectivity index (χ2v) is 4.46. The van der Waals surface area contributed by atoms with Gasteiger partial charge < -0.3 is 14.8 Å². The largest absolute Gasteiger partial charge is 0.496 e. The van der Waals surface area contributed by atoms with Crippen molar-refractivity contribution in [3.63, 3.8) is 0 Å². The fourth-order valence-corrected chi connectivity index (χ4v) is 2.15. The fraction of sp³-hybridized carbons (Fsp3) is 0.500. The lowest BCUT2D eigenvalue weighted by atomic mass is 9.86. The average molecular weight is 207 g/mol. The van der Waals surface area contributed by atoms with Crippen molar-refractivity contribution in [2.45, 2.75) is 19.3 Å². The molecule has 1 aromatic carbocycles. The van der Waals surface area contributed by atoms with Crippen molar-refractivity contribution in [1.29, 1.82) is 0 Å². The lowest BCUT2D eigenvalue weighted by molar-refractivity contribution is 0.393. The number of anilines is 1. The van der Waals surface area contributed by atoms with Gasteiger partial charge in [0.15, 0.2) is 0 Å². The summed E-state index contributed by atoms with van der Waals surface area (Å²) in [5.41, 5.74) is 2.38. The zero-order chi connectivity index (χ0) is 11.1. The first-order valence-electron chi connectivity index (χ1n) is 5.09. The molecule has 2 rings (SSSR count). The summed E-state index contributed by atoms with van der Waals surface area (Å²) in [7, 11) is 3.39. The molecule has 0 amide bonds. The highest BCUT2D eigenvalue weighted by molar-refractivity contribution is 5.72. The van der Waals surface area contributed by atoms with Crippen molar-refractivity contribution in [1.82, 2.24) is 0 Å². The Morgan fingerprint density at radius 1 is 1.13 bits per heavy atom. The first kappa shape index (κ1) is 10.1. The van der Waals surface area contributed by atoms with E-state index in [0.717, 1.165) is 23.7 Å². The van der Waals surface area contributed by atoms with Gasteiger partial charge >= 0.3 is 0 Å². The summed E-state index contributed by atoms with van der Waals surface area (Å²) in [4.78, 5) is 0. The van der Waals surface area contributed by atoms with E-state index in [2.05, 4.69) is 19.2 Å². The highest BCUT2D eigenvalue weighted by atomic mass is 16.5. The van der Waals surface area contributed by atoms with E-state index in [9.17, 15) is 0 Å². The van der Waals surface area contributed by atoms with Crippen LogP contribution < -0.4 is 14.8 Å². The fourth-order valence-electron chi connectivity index (χ4n) is 2.15. The van der Waals surface area contributed by atoms with Crippen LogP contribution in [0.5, 0.6) is 11.5 Å². The number of hydrogen-bond acceptors (Lipinski definition) is 3. The van der Waals surface area contributed by atoms with Crippen molar-refractivity contribution < 1.29 is 9.47 Å². The van der Waals surface area contributed by atoms with Crippen LogP contribution in [0, 0.1) is 0 Å². The van der Waals surface area contributed by atoms with E-state index in [0.29, 0.717) is 0 Å². The Kier molecular flexibility index (Phi) is 2.25. The summed E-state index contributed by atoms with van der Waals surface area (Å²) in [6, 6.07) is 3.90. The third-order valence-corrected chi connectivity index (χ3v) is 2.95. The predicted octanol–water partition coefficient (Wildman–Crippen LogP) is 2.41. The van der Waals surface area contributed by atoms with Crippen LogP contribution in [0.25, 0.3) is 0 Å². The molecule has 0 saturated heterocycles. The van der Waals surface area contributed by atoms with Crippen molar-refractivity contribution >= 4 is 5.69 Å². The van der Waals surface area contributed by atoms with Gasteiger partial charge in [0.05, 0.1) is 19.9 Å². The molecule has 0 spiro atoms. The second kappa shape index (κ2) is 3.33. The van der Waals surface area contributed by atoms with E-state index >= 15 is 0 Å². The van der Waals surface area contributed by atoms with E-state index in [1.807, 2.05) is 12.1 Å². The molecule has 0 unspecified atom stereocenters. The highest BCUT2D eigenvalue weighted by Gasteiger charge is 2.35. The second-order valence-electron chi connectivity index (χ2n) is 4.46. The Morgan fingerprint density at radius 2 is 1.73 bits per heavy atom.